The lowest BCUT2D eigenvalue weighted by Crippen LogP contribution is -2.25. The zero-order valence-corrected chi connectivity index (χ0v) is 18.5. The quantitative estimate of drug-likeness (QED) is 0.486. The van der Waals surface area contributed by atoms with E-state index in [4.69, 9.17) is 0 Å². The van der Waals surface area contributed by atoms with Crippen molar-refractivity contribution in [2.45, 2.75) is 76.5 Å². The number of rotatable bonds is 6. The second-order valence-electron chi connectivity index (χ2n) is 9.56. The van der Waals surface area contributed by atoms with Crippen molar-refractivity contribution in [3.63, 3.8) is 0 Å². The second kappa shape index (κ2) is 8.89. The summed E-state index contributed by atoms with van der Waals surface area (Å²) in [5.41, 5.74) is 1.42. The third kappa shape index (κ3) is 5.17. The Labute approximate surface area is 187 Å². The highest BCUT2D eigenvalue weighted by molar-refractivity contribution is 5.36. The minimum atomic E-state index is -4.10. The number of nitrogens with zero attached hydrogens (tertiary/aromatic N) is 2. The van der Waals surface area contributed by atoms with Gasteiger partial charge in [0.15, 0.2) is 0 Å². The first-order valence-electron chi connectivity index (χ1n) is 11.4. The molecule has 0 radical (unpaired) electrons. The van der Waals surface area contributed by atoms with Crippen LogP contribution in [0.4, 0.5) is 13.2 Å². The third-order valence-electron chi connectivity index (χ3n) is 6.88. The molecule has 1 fully saturated rings. The van der Waals surface area contributed by atoms with Crippen LogP contribution in [0.25, 0.3) is 5.69 Å². The first-order valence-corrected chi connectivity index (χ1v) is 11.4. The molecule has 1 aromatic carbocycles. The zero-order valence-electron chi connectivity index (χ0n) is 18.5. The normalized spacial score (nSPS) is 24.2. The molecule has 32 heavy (non-hydrogen) atoms. The Morgan fingerprint density at radius 1 is 1.03 bits per heavy atom. The van der Waals surface area contributed by atoms with E-state index in [9.17, 15) is 18.3 Å². The lowest BCUT2D eigenvalue weighted by Gasteiger charge is -2.26. The number of hydrogen-bond acceptors (Lipinski definition) is 2. The minimum Gasteiger partial charge on any atom is -0.385 e. The average Bonchev–Trinajstić information content (AvgIpc) is 3.30. The van der Waals surface area contributed by atoms with Gasteiger partial charge >= 0.3 is 6.18 Å². The van der Waals surface area contributed by atoms with E-state index in [0.29, 0.717) is 12.8 Å². The Morgan fingerprint density at radius 2 is 1.75 bits per heavy atom. The molecule has 0 amide bonds. The van der Waals surface area contributed by atoms with E-state index in [1.54, 1.807) is 10.9 Å². The van der Waals surface area contributed by atoms with Crippen LogP contribution in [0.1, 0.15) is 70.3 Å². The van der Waals surface area contributed by atoms with Crippen LogP contribution in [0.3, 0.4) is 0 Å². The lowest BCUT2D eigenvalue weighted by atomic mass is 9.86. The van der Waals surface area contributed by atoms with Crippen LogP contribution in [-0.2, 0) is 5.60 Å². The van der Waals surface area contributed by atoms with Crippen molar-refractivity contribution in [1.82, 2.24) is 9.78 Å². The predicted molar refractivity (Wildman–Crippen MR) is 119 cm³/mol. The van der Waals surface area contributed by atoms with Gasteiger partial charge in [-0.2, -0.15) is 18.3 Å². The summed E-state index contributed by atoms with van der Waals surface area (Å²) in [4.78, 5) is 0. The molecule has 3 nitrogen and oxygen atoms in total. The van der Waals surface area contributed by atoms with Gasteiger partial charge < -0.3 is 5.11 Å². The molecule has 1 saturated carbocycles. The molecule has 0 aliphatic heterocycles. The molecule has 2 aliphatic rings. The number of hydrogen-bond donors (Lipinski definition) is 1. The Balaban J connectivity index is 1.39. The van der Waals surface area contributed by atoms with Crippen LogP contribution in [0.2, 0.25) is 0 Å². The van der Waals surface area contributed by atoms with E-state index >= 15 is 0 Å². The Hall–Kier alpha value is -2.34. The molecule has 0 bridgehead atoms. The average molecular weight is 445 g/mol. The molecule has 2 aliphatic carbocycles. The SMILES string of the molecule is CC(O)(C/C1=C/CC/C(CC2(C(F)(F)F)CC2)=C\CCC1)c1ccc(-n2cccn2)cc1. The fourth-order valence-electron chi connectivity index (χ4n) is 4.71. The van der Waals surface area contributed by atoms with Crippen LogP contribution in [0.15, 0.2) is 66.0 Å². The molecule has 2 aromatic rings. The van der Waals surface area contributed by atoms with Gasteiger partial charge in [-0.15, -0.1) is 0 Å². The highest BCUT2D eigenvalue weighted by Crippen LogP contribution is 2.61. The van der Waals surface area contributed by atoms with Crippen LogP contribution >= 0.6 is 0 Å². The van der Waals surface area contributed by atoms with E-state index < -0.39 is 17.2 Å². The van der Waals surface area contributed by atoms with Crippen molar-refractivity contribution in [2.75, 3.05) is 0 Å². The number of aromatic nitrogens is 2. The van der Waals surface area contributed by atoms with Crippen molar-refractivity contribution in [3.05, 3.63) is 71.6 Å². The third-order valence-corrected chi connectivity index (χ3v) is 6.88. The topological polar surface area (TPSA) is 38.0 Å². The second-order valence-corrected chi connectivity index (χ2v) is 9.56. The molecule has 1 aromatic heterocycles. The highest BCUT2D eigenvalue weighted by Gasteiger charge is 2.62. The molecule has 1 atom stereocenters. The first-order chi connectivity index (χ1) is 15.2. The number of benzene rings is 1. The summed E-state index contributed by atoms with van der Waals surface area (Å²) >= 11 is 0. The summed E-state index contributed by atoms with van der Waals surface area (Å²) in [6.07, 6.45) is 8.81. The largest absolute Gasteiger partial charge is 0.394 e. The highest BCUT2D eigenvalue weighted by atomic mass is 19.4. The fourth-order valence-corrected chi connectivity index (χ4v) is 4.71. The van der Waals surface area contributed by atoms with Crippen LogP contribution in [0, 0.1) is 5.41 Å². The molecule has 1 heterocycles. The molecule has 0 saturated heterocycles. The van der Waals surface area contributed by atoms with E-state index in [1.807, 2.05) is 49.5 Å². The minimum absolute atomic E-state index is 0.153. The van der Waals surface area contributed by atoms with Crippen molar-refractivity contribution in [1.29, 1.82) is 0 Å². The fraction of sp³-hybridized carbons (Fsp3) is 0.500. The monoisotopic (exact) mass is 444 g/mol. The summed E-state index contributed by atoms with van der Waals surface area (Å²) in [7, 11) is 0. The number of aliphatic hydroxyl groups is 1. The Kier molecular flexibility index (Phi) is 6.35. The number of halogens is 3. The summed E-state index contributed by atoms with van der Waals surface area (Å²) in [5.74, 6) is 0. The molecular weight excluding hydrogens is 413 g/mol. The van der Waals surface area contributed by atoms with Gasteiger partial charge in [0, 0.05) is 18.8 Å². The van der Waals surface area contributed by atoms with E-state index in [2.05, 4.69) is 11.2 Å². The zero-order chi connectivity index (χ0) is 22.8. The van der Waals surface area contributed by atoms with Gasteiger partial charge in [0.05, 0.1) is 16.7 Å². The molecule has 1 N–H and O–H groups in total. The van der Waals surface area contributed by atoms with Gasteiger partial charge in [-0.3, -0.25) is 0 Å². The van der Waals surface area contributed by atoms with Crippen molar-refractivity contribution >= 4 is 0 Å². The Morgan fingerprint density at radius 3 is 2.38 bits per heavy atom. The predicted octanol–water partition coefficient (Wildman–Crippen LogP) is 7.02. The molecule has 1 unspecified atom stereocenters. The maximum absolute atomic E-state index is 13.4. The van der Waals surface area contributed by atoms with Crippen molar-refractivity contribution in [2.24, 2.45) is 5.41 Å². The maximum Gasteiger partial charge on any atom is 0.394 e. The van der Waals surface area contributed by atoms with Crippen LogP contribution in [-0.4, -0.2) is 21.1 Å². The van der Waals surface area contributed by atoms with Crippen LogP contribution in [0.5, 0.6) is 0 Å². The number of alkyl halides is 3. The van der Waals surface area contributed by atoms with Gasteiger partial charge in [0.1, 0.15) is 0 Å². The standard InChI is InChI=1S/C26H31F3N2O/c1-24(32,22-10-12-23(13-11-22)31-17-5-16-30-31)18-20-6-2-3-7-21(9-4-8-20)19-25(14-15-25)26(27,28)29/h5,7-8,10-13,16-17,32H,2-4,6,9,14-15,18-19H2,1H3/b20-8+,21-7+. The lowest BCUT2D eigenvalue weighted by molar-refractivity contribution is -0.186. The smallest absolute Gasteiger partial charge is 0.385 e. The molecule has 0 spiro atoms. The van der Waals surface area contributed by atoms with Crippen LogP contribution < -0.4 is 0 Å². The van der Waals surface area contributed by atoms with E-state index in [1.165, 1.54) is 5.57 Å². The molecule has 172 valence electrons. The first kappa shape index (κ1) is 22.8. The van der Waals surface area contributed by atoms with Crippen molar-refractivity contribution in [3.8, 4) is 5.69 Å². The van der Waals surface area contributed by atoms with Gasteiger partial charge in [-0.1, -0.05) is 35.4 Å². The molecule has 4 rings (SSSR count). The van der Waals surface area contributed by atoms with E-state index in [-0.39, 0.29) is 19.3 Å². The summed E-state index contributed by atoms with van der Waals surface area (Å²) in [5, 5.41) is 15.4. The maximum atomic E-state index is 13.4. The summed E-state index contributed by atoms with van der Waals surface area (Å²) < 4.78 is 41.8. The van der Waals surface area contributed by atoms with E-state index in [0.717, 1.165) is 42.5 Å². The summed E-state index contributed by atoms with van der Waals surface area (Å²) in [6.45, 7) is 1.83. The van der Waals surface area contributed by atoms with Gasteiger partial charge in [0.25, 0.3) is 0 Å². The molecule has 6 heteroatoms. The van der Waals surface area contributed by atoms with Gasteiger partial charge in [0.2, 0.25) is 0 Å². The number of allylic oxidation sites excluding steroid dienone is 3. The van der Waals surface area contributed by atoms with Gasteiger partial charge in [-0.25, -0.2) is 4.68 Å². The van der Waals surface area contributed by atoms with Gasteiger partial charge in [-0.05, 0) is 82.1 Å². The van der Waals surface area contributed by atoms with Crippen molar-refractivity contribution < 1.29 is 18.3 Å². The Bertz CT molecular complexity index is 966. The summed E-state index contributed by atoms with van der Waals surface area (Å²) in [6, 6.07) is 9.61. The molecular formula is C26H31F3N2O.